The van der Waals surface area contributed by atoms with Crippen LogP contribution in [0.1, 0.15) is 25.5 Å². The van der Waals surface area contributed by atoms with Crippen molar-refractivity contribution >= 4 is 0 Å². The normalized spacial score (nSPS) is 20.9. The summed E-state index contributed by atoms with van der Waals surface area (Å²) >= 11 is 0. The van der Waals surface area contributed by atoms with Crippen molar-refractivity contribution in [2.24, 2.45) is 0 Å². The summed E-state index contributed by atoms with van der Waals surface area (Å²) in [5, 5.41) is 3.54. The molecule has 1 aromatic rings. The number of likely N-dealkylation sites (tertiary alicyclic amines) is 1. The van der Waals surface area contributed by atoms with Crippen LogP contribution in [0.3, 0.4) is 0 Å². The van der Waals surface area contributed by atoms with Gasteiger partial charge < -0.3 is 10.1 Å². The topological polar surface area (TPSA) is 37.4 Å². The van der Waals surface area contributed by atoms with Gasteiger partial charge in [-0.1, -0.05) is 13.0 Å². The highest BCUT2D eigenvalue weighted by Crippen LogP contribution is 2.14. The van der Waals surface area contributed by atoms with Gasteiger partial charge >= 0.3 is 0 Å². The average molecular weight is 249 g/mol. The third kappa shape index (κ3) is 3.68. The molecule has 0 aliphatic carbocycles. The van der Waals surface area contributed by atoms with E-state index in [1.165, 1.54) is 19.4 Å². The number of rotatable bonds is 5. The maximum absolute atomic E-state index is 5.16. The molecule has 0 radical (unpaired) electrons. The maximum Gasteiger partial charge on any atom is 0.213 e. The summed E-state index contributed by atoms with van der Waals surface area (Å²) in [7, 11) is 1.66. The van der Waals surface area contributed by atoms with Crippen LogP contribution in [0, 0.1) is 0 Å². The molecule has 0 aromatic carbocycles. The fourth-order valence-electron chi connectivity index (χ4n) is 2.54. The molecular weight excluding hydrogens is 226 g/mol. The summed E-state index contributed by atoms with van der Waals surface area (Å²) in [4.78, 5) is 6.94. The zero-order valence-electron chi connectivity index (χ0n) is 11.4. The van der Waals surface area contributed by atoms with Crippen LogP contribution in [0.2, 0.25) is 0 Å². The first-order valence-corrected chi connectivity index (χ1v) is 6.77. The standard InChI is InChI=1S/C14H23N3O/c1-3-15-12-7-5-9-17(10-12)11-13-6-4-8-14(16-13)18-2/h4,6,8,12,15H,3,5,7,9-11H2,1-2H3. The summed E-state index contributed by atoms with van der Waals surface area (Å²) in [5.41, 5.74) is 1.09. The number of aromatic nitrogens is 1. The first-order valence-electron chi connectivity index (χ1n) is 6.77. The van der Waals surface area contributed by atoms with Crippen LogP contribution in [0.25, 0.3) is 0 Å². The molecule has 0 spiro atoms. The molecule has 1 aliphatic heterocycles. The molecule has 18 heavy (non-hydrogen) atoms. The Kier molecular flexibility index (Phi) is 4.96. The van der Waals surface area contributed by atoms with Crippen molar-refractivity contribution in [1.29, 1.82) is 0 Å². The molecule has 2 rings (SSSR count). The Bertz CT molecular complexity index is 368. The van der Waals surface area contributed by atoms with E-state index in [0.717, 1.165) is 25.3 Å². The predicted molar refractivity (Wildman–Crippen MR) is 72.8 cm³/mol. The third-order valence-corrected chi connectivity index (χ3v) is 3.37. The molecule has 2 heterocycles. The first kappa shape index (κ1) is 13.3. The van der Waals surface area contributed by atoms with Crippen LogP contribution in [-0.4, -0.2) is 42.7 Å². The van der Waals surface area contributed by atoms with Crippen molar-refractivity contribution in [3.05, 3.63) is 23.9 Å². The van der Waals surface area contributed by atoms with E-state index in [0.29, 0.717) is 11.9 Å². The van der Waals surface area contributed by atoms with Gasteiger partial charge in [-0.2, -0.15) is 0 Å². The Morgan fingerprint density at radius 2 is 2.39 bits per heavy atom. The van der Waals surface area contributed by atoms with E-state index in [1.807, 2.05) is 12.1 Å². The number of methoxy groups -OCH3 is 1. The molecule has 0 bridgehead atoms. The monoisotopic (exact) mass is 249 g/mol. The number of pyridine rings is 1. The van der Waals surface area contributed by atoms with Crippen LogP contribution in [0.5, 0.6) is 5.88 Å². The van der Waals surface area contributed by atoms with Crippen molar-refractivity contribution in [1.82, 2.24) is 15.2 Å². The lowest BCUT2D eigenvalue weighted by Crippen LogP contribution is -2.45. The van der Waals surface area contributed by atoms with E-state index in [9.17, 15) is 0 Å². The van der Waals surface area contributed by atoms with Crippen LogP contribution < -0.4 is 10.1 Å². The highest BCUT2D eigenvalue weighted by molar-refractivity contribution is 5.15. The number of piperidine rings is 1. The summed E-state index contributed by atoms with van der Waals surface area (Å²) in [6.07, 6.45) is 2.55. The molecule has 1 saturated heterocycles. The molecule has 4 nitrogen and oxygen atoms in total. The quantitative estimate of drug-likeness (QED) is 0.861. The van der Waals surface area contributed by atoms with E-state index in [1.54, 1.807) is 7.11 Å². The minimum absolute atomic E-state index is 0.634. The SMILES string of the molecule is CCNC1CCCN(Cc2cccc(OC)n2)C1. The second kappa shape index (κ2) is 6.71. The molecule has 1 aromatic heterocycles. The number of hydrogen-bond acceptors (Lipinski definition) is 4. The van der Waals surface area contributed by atoms with Crippen molar-refractivity contribution < 1.29 is 4.74 Å². The van der Waals surface area contributed by atoms with Gasteiger partial charge in [-0.25, -0.2) is 4.98 Å². The largest absolute Gasteiger partial charge is 0.481 e. The van der Waals surface area contributed by atoms with Crippen LogP contribution in [0.4, 0.5) is 0 Å². The summed E-state index contributed by atoms with van der Waals surface area (Å²) in [5.74, 6) is 0.702. The number of ether oxygens (including phenoxy) is 1. The summed E-state index contributed by atoms with van der Waals surface area (Å²) < 4.78 is 5.16. The third-order valence-electron chi connectivity index (χ3n) is 3.37. The van der Waals surface area contributed by atoms with Gasteiger partial charge in [0.25, 0.3) is 0 Å². The Balaban J connectivity index is 1.91. The van der Waals surface area contributed by atoms with Crippen molar-refractivity contribution in [2.45, 2.75) is 32.4 Å². The Morgan fingerprint density at radius 3 is 3.17 bits per heavy atom. The summed E-state index contributed by atoms with van der Waals surface area (Å²) in [6, 6.07) is 6.60. The lowest BCUT2D eigenvalue weighted by Gasteiger charge is -2.32. The zero-order valence-corrected chi connectivity index (χ0v) is 11.4. The maximum atomic E-state index is 5.16. The Morgan fingerprint density at radius 1 is 1.50 bits per heavy atom. The van der Waals surface area contributed by atoms with Crippen molar-refractivity contribution in [3.63, 3.8) is 0 Å². The Hall–Kier alpha value is -1.13. The molecule has 0 amide bonds. The molecule has 0 saturated carbocycles. The van der Waals surface area contributed by atoms with E-state index in [2.05, 4.69) is 28.2 Å². The van der Waals surface area contributed by atoms with Gasteiger partial charge in [-0.3, -0.25) is 4.90 Å². The Labute approximate surface area is 109 Å². The van der Waals surface area contributed by atoms with E-state index < -0.39 is 0 Å². The van der Waals surface area contributed by atoms with Gasteiger partial charge in [-0.15, -0.1) is 0 Å². The fraction of sp³-hybridized carbons (Fsp3) is 0.643. The van der Waals surface area contributed by atoms with Gasteiger partial charge in [0.05, 0.1) is 12.8 Å². The van der Waals surface area contributed by atoms with Crippen molar-refractivity contribution in [3.8, 4) is 5.88 Å². The van der Waals surface area contributed by atoms with Gasteiger partial charge in [0.1, 0.15) is 0 Å². The van der Waals surface area contributed by atoms with Crippen LogP contribution in [0.15, 0.2) is 18.2 Å². The fourth-order valence-corrected chi connectivity index (χ4v) is 2.54. The number of likely N-dealkylation sites (N-methyl/N-ethyl adjacent to an activating group) is 1. The summed E-state index contributed by atoms with van der Waals surface area (Å²) in [6.45, 7) is 6.42. The first-order chi connectivity index (χ1) is 8.81. The zero-order chi connectivity index (χ0) is 12.8. The van der Waals surface area contributed by atoms with Gasteiger partial charge in [0.2, 0.25) is 5.88 Å². The smallest absolute Gasteiger partial charge is 0.213 e. The minimum atomic E-state index is 0.634. The molecule has 1 aliphatic rings. The molecule has 1 atom stereocenters. The highest BCUT2D eigenvalue weighted by atomic mass is 16.5. The molecule has 4 heteroatoms. The van der Waals surface area contributed by atoms with Crippen LogP contribution in [-0.2, 0) is 6.54 Å². The predicted octanol–water partition coefficient (Wildman–Crippen LogP) is 1.66. The second-order valence-electron chi connectivity index (χ2n) is 4.80. The second-order valence-corrected chi connectivity index (χ2v) is 4.80. The van der Waals surface area contributed by atoms with E-state index in [-0.39, 0.29) is 0 Å². The minimum Gasteiger partial charge on any atom is -0.481 e. The van der Waals surface area contributed by atoms with Gasteiger partial charge in [0, 0.05) is 25.2 Å². The van der Waals surface area contributed by atoms with E-state index in [4.69, 9.17) is 4.74 Å². The number of nitrogens with zero attached hydrogens (tertiary/aromatic N) is 2. The molecule has 1 fully saturated rings. The molecule has 1 unspecified atom stereocenters. The van der Waals surface area contributed by atoms with E-state index >= 15 is 0 Å². The van der Waals surface area contributed by atoms with Gasteiger partial charge in [-0.05, 0) is 32.0 Å². The number of hydrogen-bond donors (Lipinski definition) is 1. The molecule has 1 N–H and O–H groups in total. The average Bonchev–Trinajstić information content (AvgIpc) is 2.40. The van der Waals surface area contributed by atoms with Crippen LogP contribution >= 0.6 is 0 Å². The molecule has 100 valence electrons. The lowest BCUT2D eigenvalue weighted by molar-refractivity contribution is 0.182. The van der Waals surface area contributed by atoms with Gasteiger partial charge in [0.15, 0.2) is 0 Å². The highest BCUT2D eigenvalue weighted by Gasteiger charge is 2.19. The lowest BCUT2D eigenvalue weighted by atomic mass is 10.1. The number of nitrogens with one attached hydrogen (secondary N) is 1. The van der Waals surface area contributed by atoms with Crippen molar-refractivity contribution in [2.75, 3.05) is 26.7 Å². The molecular formula is C14H23N3O.